The maximum atomic E-state index is 15.3. The van der Waals surface area contributed by atoms with Gasteiger partial charge in [-0.25, -0.2) is 8.78 Å². The van der Waals surface area contributed by atoms with Gasteiger partial charge in [0.2, 0.25) is 6.19 Å². The van der Waals surface area contributed by atoms with Gasteiger partial charge in [-0.05, 0) is 24.3 Å². The van der Waals surface area contributed by atoms with E-state index in [-0.39, 0.29) is 36.0 Å². The first-order valence-corrected chi connectivity index (χ1v) is 10.9. The molecule has 1 saturated heterocycles. The van der Waals surface area contributed by atoms with Crippen molar-refractivity contribution in [3.63, 3.8) is 0 Å². The van der Waals surface area contributed by atoms with Crippen LogP contribution in [0.1, 0.15) is 37.1 Å². The first-order valence-electron chi connectivity index (χ1n) is 10.5. The molecule has 0 N–H and O–H groups in total. The molecule has 1 unspecified atom stereocenters. The van der Waals surface area contributed by atoms with Crippen molar-refractivity contribution in [2.75, 3.05) is 13.1 Å². The molecule has 184 valence electrons. The Morgan fingerprint density at radius 3 is 2.51 bits per heavy atom. The van der Waals surface area contributed by atoms with Crippen LogP contribution < -0.4 is 0 Å². The number of benzene rings is 1. The van der Waals surface area contributed by atoms with Gasteiger partial charge in [-0.15, -0.1) is 0 Å². The quantitative estimate of drug-likeness (QED) is 0.236. The molecular formula is C23H19ClF5N5O. The predicted octanol–water partition coefficient (Wildman–Crippen LogP) is 5.47. The van der Waals surface area contributed by atoms with E-state index in [0.29, 0.717) is 5.84 Å². The first-order chi connectivity index (χ1) is 16.4. The van der Waals surface area contributed by atoms with Crippen LogP contribution in [0.15, 0.2) is 46.7 Å². The number of hydrogen-bond donors (Lipinski definition) is 0. The van der Waals surface area contributed by atoms with E-state index >= 15 is 4.39 Å². The van der Waals surface area contributed by atoms with E-state index in [0.717, 1.165) is 18.2 Å². The van der Waals surface area contributed by atoms with Crippen molar-refractivity contribution in [1.29, 1.82) is 5.26 Å². The molecule has 6 nitrogen and oxygen atoms in total. The minimum atomic E-state index is -4.88. The molecule has 1 atom stereocenters. The van der Waals surface area contributed by atoms with Crippen LogP contribution in [0.25, 0.3) is 0 Å². The summed E-state index contributed by atoms with van der Waals surface area (Å²) in [5, 5.41) is 12.0. The average Bonchev–Trinajstić information content (AvgIpc) is 3.24. The lowest BCUT2D eigenvalue weighted by molar-refractivity contribution is -0.275. The van der Waals surface area contributed by atoms with Crippen LogP contribution >= 0.6 is 11.6 Å². The van der Waals surface area contributed by atoms with Gasteiger partial charge in [-0.3, -0.25) is 4.98 Å². The zero-order valence-electron chi connectivity index (χ0n) is 18.6. The fraction of sp³-hybridized carbons (Fsp3) is 0.391. The Hall–Kier alpha value is -3.26. The number of aromatic nitrogens is 1. The zero-order valence-corrected chi connectivity index (χ0v) is 19.3. The number of likely N-dealkylation sites (tertiary alicyclic amines) is 1. The molecule has 1 aromatic heterocycles. The smallest absolute Gasteiger partial charge is 0.374 e. The zero-order chi connectivity index (χ0) is 25.6. The van der Waals surface area contributed by atoms with Gasteiger partial charge in [0.25, 0.3) is 5.60 Å². The van der Waals surface area contributed by atoms with Crippen LogP contribution in [0, 0.1) is 23.2 Å². The van der Waals surface area contributed by atoms with Crippen molar-refractivity contribution in [1.82, 2.24) is 9.88 Å². The summed E-state index contributed by atoms with van der Waals surface area (Å²) in [5.41, 5.74) is -4.75. The molecule has 4 rings (SSSR count). The van der Waals surface area contributed by atoms with Crippen LogP contribution in [0.3, 0.4) is 0 Å². The van der Waals surface area contributed by atoms with Gasteiger partial charge in [0, 0.05) is 23.2 Å². The van der Waals surface area contributed by atoms with E-state index in [1.165, 1.54) is 18.3 Å². The van der Waals surface area contributed by atoms with E-state index in [2.05, 4.69) is 15.1 Å². The highest BCUT2D eigenvalue weighted by Gasteiger charge is 2.62. The number of rotatable bonds is 4. The Bertz CT molecular complexity index is 1230. The van der Waals surface area contributed by atoms with Crippen molar-refractivity contribution < 1.29 is 26.8 Å². The van der Waals surface area contributed by atoms with Crippen molar-refractivity contribution in [3.8, 4) is 6.19 Å². The Morgan fingerprint density at radius 1 is 1.26 bits per heavy atom. The SMILES string of the molecule is CC(C)/C(=N\C#N)N1CC(F)(c2ccc(C3=NOC(c4ccc(F)c(Cl)c4)(C(F)(F)F)C3)cn2)C1. The van der Waals surface area contributed by atoms with Crippen molar-refractivity contribution in [2.45, 2.75) is 37.7 Å². The second kappa shape index (κ2) is 8.75. The highest BCUT2D eigenvalue weighted by molar-refractivity contribution is 6.30. The average molecular weight is 512 g/mol. The van der Waals surface area contributed by atoms with Crippen molar-refractivity contribution >= 4 is 23.1 Å². The summed E-state index contributed by atoms with van der Waals surface area (Å²) < 4.78 is 71.1. The summed E-state index contributed by atoms with van der Waals surface area (Å²) in [4.78, 5) is 14.4. The van der Waals surface area contributed by atoms with Crippen LogP contribution in [0.2, 0.25) is 5.02 Å². The van der Waals surface area contributed by atoms with Gasteiger partial charge in [0.05, 0.1) is 35.9 Å². The highest BCUT2D eigenvalue weighted by Crippen LogP contribution is 2.49. The Kier molecular flexibility index (Phi) is 6.21. The van der Waals surface area contributed by atoms with E-state index in [4.69, 9.17) is 21.7 Å². The number of pyridine rings is 1. The van der Waals surface area contributed by atoms with Gasteiger partial charge < -0.3 is 9.74 Å². The molecule has 3 heterocycles. The van der Waals surface area contributed by atoms with Crippen LogP contribution in [0.4, 0.5) is 22.0 Å². The lowest BCUT2D eigenvalue weighted by Crippen LogP contribution is -2.60. The van der Waals surface area contributed by atoms with Crippen LogP contribution in [0.5, 0.6) is 0 Å². The molecule has 2 aliphatic rings. The number of halogens is 6. The second-order valence-corrected chi connectivity index (χ2v) is 9.15. The topological polar surface area (TPSA) is 73.9 Å². The fourth-order valence-corrected chi connectivity index (χ4v) is 4.31. The minimum absolute atomic E-state index is 0.0479. The van der Waals surface area contributed by atoms with Gasteiger partial charge in [0.15, 0.2) is 5.67 Å². The first kappa shape index (κ1) is 24.9. The number of oxime groups is 1. The van der Waals surface area contributed by atoms with Crippen molar-refractivity contribution in [3.05, 3.63) is 64.2 Å². The summed E-state index contributed by atoms with van der Waals surface area (Å²) in [6, 6.07) is 5.45. The largest absolute Gasteiger partial charge is 0.435 e. The fourth-order valence-electron chi connectivity index (χ4n) is 4.13. The molecule has 1 fully saturated rings. The molecule has 0 radical (unpaired) electrons. The molecule has 0 bridgehead atoms. The van der Waals surface area contributed by atoms with Crippen LogP contribution in [-0.2, 0) is 16.1 Å². The van der Waals surface area contributed by atoms with Crippen LogP contribution in [-0.4, -0.2) is 40.7 Å². The highest BCUT2D eigenvalue weighted by atomic mass is 35.5. The van der Waals surface area contributed by atoms with Gasteiger partial charge in [-0.2, -0.15) is 23.4 Å². The monoisotopic (exact) mass is 511 g/mol. The Balaban J connectivity index is 1.53. The molecule has 0 amide bonds. The maximum absolute atomic E-state index is 15.3. The summed E-state index contributed by atoms with van der Waals surface area (Å²) in [5.74, 6) is -0.458. The minimum Gasteiger partial charge on any atom is -0.374 e. The number of aliphatic imine (C=N–C) groups is 1. The predicted molar refractivity (Wildman–Crippen MR) is 118 cm³/mol. The molecule has 2 aliphatic heterocycles. The molecule has 2 aromatic rings. The number of nitriles is 1. The van der Waals surface area contributed by atoms with E-state index < -0.39 is 40.3 Å². The van der Waals surface area contributed by atoms with Crippen molar-refractivity contribution in [2.24, 2.45) is 16.1 Å². The number of nitrogens with zero attached hydrogens (tertiary/aromatic N) is 5. The third-order valence-corrected chi connectivity index (χ3v) is 6.31. The molecular weight excluding hydrogens is 493 g/mol. The summed E-state index contributed by atoms with van der Waals surface area (Å²) in [6.45, 7) is 3.58. The maximum Gasteiger partial charge on any atom is 0.435 e. The lowest BCUT2D eigenvalue weighted by Gasteiger charge is -2.46. The van der Waals surface area contributed by atoms with E-state index in [1.54, 1.807) is 11.1 Å². The number of hydrogen-bond acceptors (Lipinski definition) is 5. The van der Waals surface area contributed by atoms with E-state index in [1.807, 2.05) is 13.8 Å². The standard InChI is InChI=1S/C23H19ClF5N5O/c1-13(2)20(32-12-30)34-10-21(26,11-34)19-6-3-14(9-31-19)18-8-22(35-33-18,23(27,28)29)15-4-5-17(25)16(24)7-15/h3-7,9,13H,8,10-11H2,1-2H3/b32-20+. The van der Waals surface area contributed by atoms with E-state index in [9.17, 15) is 17.6 Å². The van der Waals surface area contributed by atoms with Gasteiger partial charge in [-0.1, -0.05) is 36.7 Å². The van der Waals surface area contributed by atoms with Gasteiger partial charge >= 0.3 is 6.18 Å². The Labute approximate surface area is 202 Å². The molecule has 0 spiro atoms. The second-order valence-electron chi connectivity index (χ2n) is 8.74. The number of alkyl halides is 4. The molecule has 1 aromatic carbocycles. The summed E-state index contributed by atoms with van der Waals surface area (Å²) >= 11 is 5.69. The molecule has 0 saturated carbocycles. The summed E-state index contributed by atoms with van der Waals surface area (Å²) in [6.07, 6.45) is -2.63. The number of amidine groups is 1. The Morgan fingerprint density at radius 2 is 1.97 bits per heavy atom. The summed E-state index contributed by atoms with van der Waals surface area (Å²) in [7, 11) is 0. The lowest BCUT2D eigenvalue weighted by atomic mass is 9.86. The third-order valence-electron chi connectivity index (χ3n) is 6.02. The molecule has 35 heavy (non-hydrogen) atoms. The molecule has 12 heteroatoms. The normalized spacial score (nSPS) is 21.9. The van der Waals surface area contributed by atoms with Gasteiger partial charge in [0.1, 0.15) is 11.7 Å². The molecule has 0 aliphatic carbocycles. The third kappa shape index (κ3) is 4.31.